The van der Waals surface area contributed by atoms with E-state index < -0.39 is 0 Å². The predicted octanol–water partition coefficient (Wildman–Crippen LogP) is 3.92. The minimum Gasteiger partial charge on any atom is -0.496 e. The number of anilines is 1. The predicted molar refractivity (Wildman–Crippen MR) is 91.4 cm³/mol. The molecule has 3 rings (SSSR count). The van der Waals surface area contributed by atoms with E-state index in [-0.39, 0.29) is 0 Å². The lowest BCUT2D eigenvalue weighted by atomic mass is 10.0. The van der Waals surface area contributed by atoms with Gasteiger partial charge in [0.2, 0.25) is 0 Å². The first-order chi connectivity index (χ1) is 11.3. The SMILES string of the molecule is COc1ccncc1-c1ccc(N)cc1OCc1ccccc1. The van der Waals surface area contributed by atoms with E-state index in [0.29, 0.717) is 18.0 Å². The van der Waals surface area contributed by atoms with Crippen molar-refractivity contribution in [2.75, 3.05) is 12.8 Å². The number of benzene rings is 2. The number of methoxy groups -OCH3 is 1. The molecule has 0 bridgehead atoms. The van der Waals surface area contributed by atoms with Gasteiger partial charge in [0.15, 0.2) is 0 Å². The summed E-state index contributed by atoms with van der Waals surface area (Å²) >= 11 is 0. The maximum atomic E-state index is 5.99. The molecule has 1 aromatic heterocycles. The first-order valence-electron chi connectivity index (χ1n) is 7.32. The third-order valence-electron chi connectivity index (χ3n) is 3.53. The maximum Gasteiger partial charge on any atom is 0.129 e. The Hall–Kier alpha value is -3.01. The van der Waals surface area contributed by atoms with Gasteiger partial charge in [-0.3, -0.25) is 4.98 Å². The van der Waals surface area contributed by atoms with Crippen molar-refractivity contribution in [1.82, 2.24) is 4.98 Å². The molecular weight excluding hydrogens is 288 g/mol. The second kappa shape index (κ2) is 6.83. The van der Waals surface area contributed by atoms with Crippen LogP contribution in [0.3, 0.4) is 0 Å². The van der Waals surface area contributed by atoms with Gasteiger partial charge in [0, 0.05) is 35.3 Å². The summed E-state index contributed by atoms with van der Waals surface area (Å²) in [6.45, 7) is 0.472. The van der Waals surface area contributed by atoms with Crippen LogP contribution in [0.5, 0.6) is 11.5 Å². The van der Waals surface area contributed by atoms with Crippen molar-refractivity contribution < 1.29 is 9.47 Å². The fourth-order valence-corrected chi connectivity index (χ4v) is 2.38. The normalized spacial score (nSPS) is 10.3. The summed E-state index contributed by atoms with van der Waals surface area (Å²) in [6.07, 6.45) is 3.46. The lowest BCUT2D eigenvalue weighted by molar-refractivity contribution is 0.307. The summed E-state index contributed by atoms with van der Waals surface area (Å²) in [5, 5.41) is 0. The van der Waals surface area contributed by atoms with Crippen molar-refractivity contribution in [2.45, 2.75) is 6.61 Å². The zero-order chi connectivity index (χ0) is 16.1. The van der Waals surface area contributed by atoms with Crippen LogP contribution in [-0.2, 0) is 6.61 Å². The molecule has 0 atom stereocenters. The molecule has 2 aromatic carbocycles. The van der Waals surface area contributed by atoms with Gasteiger partial charge in [0.1, 0.15) is 18.1 Å². The lowest BCUT2D eigenvalue weighted by Gasteiger charge is -2.14. The van der Waals surface area contributed by atoms with Crippen molar-refractivity contribution in [3.63, 3.8) is 0 Å². The number of aromatic nitrogens is 1. The van der Waals surface area contributed by atoms with Crippen molar-refractivity contribution in [3.8, 4) is 22.6 Å². The smallest absolute Gasteiger partial charge is 0.129 e. The number of nitrogens with zero attached hydrogens (tertiary/aromatic N) is 1. The van der Waals surface area contributed by atoms with Gasteiger partial charge in [-0.2, -0.15) is 0 Å². The first-order valence-corrected chi connectivity index (χ1v) is 7.32. The van der Waals surface area contributed by atoms with Crippen LogP contribution < -0.4 is 15.2 Å². The average molecular weight is 306 g/mol. The van der Waals surface area contributed by atoms with Gasteiger partial charge < -0.3 is 15.2 Å². The topological polar surface area (TPSA) is 57.4 Å². The largest absolute Gasteiger partial charge is 0.496 e. The number of nitrogens with two attached hydrogens (primary N) is 1. The highest BCUT2D eigenvalue weighted by Gasteiger charge is 2.12. The van der Waals surface area contributed by atoms with E-state index >= 15 is 0 Å². The fourth-order valence-electron chi connectivity index (χ4n) is 2.38. The molecule has 23 heavy (non-hydrogen) atoms. The maximum absolute atomic E-state index is 5.99. The molecule has 4 heteroatoms. The molecule has 116 valence electrons. The van der Waals surface area contributed by atoms with Crippen LogP contribution in [0.15, 0.2) is 67.0 Å². The molecule has 0 spiro atoms. The van der Waals surface area contributed by atoms with Gasteiger partial charge in [-0.15, -0.1) is 0 Å². The zero-order valence-corrected chi connectivity index (χ0v) is 12.9. The Kier molecular flexibility index (Phi) is 4.43. The van der Waals surface area contributed by atoms with Gasteiger partial charge in [0.25, 0.3) is 0 Å². The molecule has 0 aliphatic rings. The molecule has 0 saturated carbocycles. The van der Waals surface area contributed by atoms with Crippen LogP contribution in [0.2, 0.25) is 0 Å². The van der Waals surface area contributed by atoms with Crippen molar-refractivity contribution in [1.29, 1.82) is 0 Å². The highest BCUT2D eigenvalue weighted by Crippen LogP contribution is 2.37. The third kappa shape index (κ3) is 3.43. The molecule has 4 nitrogen and oxygen atoms in total. The average Bonchev–Trinajstić information content (AvgIpc) is 2.61. The van der Waals surface area contributed by atoms with Crippen molar-refractivity contribution in [2.24, 2.45) is 0 Å². The third-order valence-corrected chi connectivity index (χ3v) is 3.53. The van der Waals surface area contributed by atoms with Crippen LogP contribution >= 0.6 is 0 Å². The Bertz CT molecular complexity index is 788. The minimum absolute atomic E-state index is 0.472. The van der Waals surface area contributed by atoms with Crippen LogP contribution in [0, 0.1) is 0 Å². The molecule has 0 fully saturated rings. The molecule has 0 aliphatic heterocycles. The van der Waals surface area contributed by atoms with Crippen LogP contribution in [0.25, 0.3) is 11.1 Å². The molecule has 0 unspecified atom stereocenters. The molecule has 1 heterocycles. The zero-order valence-electron chi connectivity index (χ0n) is 12.9. The van der Waals surface area contributed by atoms with Crippen molar-refractivity contribution >= 4 is 5.69 Å². The Morgan fingerprint density at radius 2 is 1.78 bits per heavy atom. The number of pyridine rings is 1. The number of nitrogen functional groups attached to an aromatic ring is 1. The van der Waals surface area contributed by atoms with E-state index in [1.165, 1.54) is 0 Å². The minimum atomic E-state index is 0.472. The van der Waals surface area contributed by atoms with E-state index in [0.717, 1.165) is 22.4 Å². The summed E-state index contributed by atoms with van der Waals surface area (Å²) in [6, 6.07) is 17.4. The van der Waals surface area contributed by atoms with Gasteiger partial charge in [-0.1, -0.05) is 30.3 Å². The van der Waals surface area contributed by atoms with Gasteiger partial charge in [0.05, 0.1) is 7.11 Å². The Labute approximate surface area is 135 Å². The summed E-state index contributed by atoms with van der Waals surface area (Å²) in [5.74, 6) is 1.45. The molecule has 2 N–H and O–H groups in total. The Balaban J connectivity index is 1.95. The van der Waals surface area contributed by atoms with E-state index in [4.69, 9.17) is 15.2 Å². The van der Waals surface area contributed by atoms with Gasteiger partial charge >= 0.3 is 0 Å². The molecule has 3 aromatic rings. The fraction of sp³-hybridized carbons (Fsp3) is 0.105. The summed E-state index contributed by atoms with van der Waals surface area (Å²) < 4.78 is 11.4. The van der Waals surface area contributed by atoms with Crippen LogP contribution in [0.1, 0.15) is 5.56 Å². The lowest BCUT2D eigenvalue weighted by Crippen LogP contribution is -1.99. The van der Waals surface area contributed by atoms with E-state index in [1.54, 1.807) is 19.5 Å². The number of rotatable bonds is 5. The Morgan fingerprint density at radius 3 is 2.57 bits per heavy atom. The Morgan fingerprint density at radius 1 is 0.957 bits per heavy atom. The molecule has 0 radical (unpaired) electrons. The monoisotopic (exact) mass is 306 g/mol. The highest BCUT2D eigenvalue weighted by molar-refractivity contribution is 5.76. The quantitative estimate of drug-likeness (QED) is 0.726. The van der Waals surface area contributed by atoms with Crippen LogP contribution in [0.4, 0.5) is 5.69 Å². The second-order valence-corrected chi connectivity index (χ2v) is 5.11. The number of ether oxygens (including phenoxy) is 2. The number of hydrogen-bond donors (Lipinski definition) is 1. The molecule has 0 aliphatic carbocycles. The molecule has 0 amide bonds. The summed E-state index contributed by atoms with van der Waals surface area (Å²) in [4.78, 5) is 4.18. The highest BCUT2D eigenvalue weighted by atomic mass is 16.5. The second-order valence-electron chi connectivity index (χ2n) is 5.11. The van der Waals surface area contributed by atoms with Gasteiger partial charge in [-0.05, 0) is 23.8 Å². The molecular formula is C19H18N2O2. The van der Waals surface area contributed by atoms with Crippen LogP contribution in [-0.4, -0.2) is 12.1 Å². The van der Waals surface area contributed by atoms with E-state index in [9.17, 15) is 0 Å². The van der Waals surface area contributed by atoms with E-state index in [1.807, 2.05) is 54.6 Å². The first kappa shape index (κ1) is 14.9. The van der Waals surface area contributed by atoms with Crippen molar-refractivity contribution in [3.05, 3.63) is 72.6 Å². The summed E-state index contributed by atoms with van der Waals surface area (Å²) in [7, 11) is 1.64. The number of hydrogen-bond acceptors (Lipinski definition) is 4. The summed E-state index contributed by atoms with van der Waals surface area (Å²) in [5.41, 5.74) is 9.44. The van der Waals surface area contributed by atoms with Gasteiger partial charge in [-0.25, -0.2) is 0 Å². The standard InChI is InChI=1S/C19H18N2O2/c1-22-18-9-10-21-12-17(18)16-8-7-15(20)11-19(16)23-13-14-5-3-2-4-6-14/h2-12H,13,20H2,1H3. The molecule has 0 saturated heterocycles. The van der Waals surface area contributed by atoms with E-state index in [2.05, 4.69) is 4.98 Å².